The third-order valence-electron chi connectivity index (χ3n) is 3.82. The molecular formula is C18H27Cl2N3O2. The Bertz CT molecular complexity index is 640. The molecule has 2 rings (SSSR count). The van der Waals surface area contributed by atoms with Gasteiger partial charge in [0.05, 0.1) is 18.1 Å². The Balaban J connectivity index is 0.000000333. The Morgan fingerprint density at radius 3 is 2.44 bits per heavy atom. The first-order chi connectivity index (χ1) is 12.0. The normalized spacial score (nSPS) is 10.6. The summed E-state index contributed by atoms with van der Waals surface area (Å²) < 4.78 is 6.69. The zero-order valence-electron chi connectivity index (χ0n) is 15.2. The summed E-state index contributed by atoms with van der Waals surface area (Å²) in [5, 5.41) is 0. The molecule has 0 fully saturated rings. The van der Waals surface area contributed by atoms with E-state index >= 15 is 0 Å². The van der Waals surface area contributed by atoms with Crippen molar-refractivity contribution in [1.82, 2.24) is 14.5 Å². The molecule has 0 radical (unpaired) electrons. The molecule has 0 aliphatic heterocycles. The third kappa shape index (κ3) is 7.63. The zero-order valence-corrected chi connectivity index (χ0v) is 16.7. The third-order valence-corrected chi connectivity index (χ3v) is 4.16. The van der Waals surface area contributed by atoms with Crippen LogP contribution in [0.3, 0.4) is 0 Å². The van der Waals surface area contributed by atoms with E-state index in [0.717, 1.165) is 42.8 Å². The molecule has 0 saturated carbocycles. The second-order valence-corrected chi connectivity index (χ2v) is 6.44. The van der Waals surface area contributed by atoms with Gasteiger partial charge in [0.2, 0.25) is 0 Å². The molecule has 0 aliphatic carbocycles. The summed E-state index contributed by atoms with van der Waals surface area (Å²) in [6.07, 6.45) is 2.00. The lowest BCUT2D eigenvalue weighted by Crippen LogP contribution is -2.22. The molecule has 5 nitrogen and oxygen atoms in total. The summed E-state index contributed by atoms with van der Waals surface area (Å²) >= 11 is 10.9. The van der Waals surface area contributed by atoms with Crippen LogP contribution < -0.4 is 0 Å². The first-order valence-corrected chi connectivity index (χ1v) is 9.38. The highest BCUT2D eigenvalue weighted by Crippen LogP contribution is 2.15. The number of aryl methyl sites for hydroxylation is 2. The number of carbonyl (C=O) groups is 1. The highest BCUT2D eigenvalue weighted by molar-refractivity contribution is 6.18. The lowest BCUT2D eigenvalue weighted by Gasteiger charge is -2.11. The smallest absolute Gasteiger partial charge is 0.305 e. The van der Waals surface area contributed by atoms with Crippen molar-refractivity contribution in [2.45, 2.75) is 19.3 Å². The number of methoxy groups -OCH3 is 1. The molecule has 1 aromatic heterocycles. The van der Waals surface area contributed by atoms with Crippen molar-refractivity contribution in [3.05, 3.63) is 30.1 Å². The van der Waals surface area contributed by atoms with Crippen molar-refractivity contribution in [2.24, 2.45) is 7.05 Å². The number of carbonyl (C=O) groups excluding carboxylic acids is 1. The molecule has 0 spiro atoms. The molecule has 1 aromatic carbocycles. The number of aromatic nitrogens is 2. The standard InChI is InChI=1S/C13H16N2O2.C5H11Cl2N/c1-15-11-7-4-3-6-10(11)14-12(15)8-5-9-13(16)17-2;1-8(4-2-6)5-3-7/h3-4,6-7H,5,8-9H2,1-2H3;2-5H2,1H3. The summed E-state index contributed by atoms with van der Waals surface area (Å²) in [6.45, 7) is 1.85. The van der Waals surface area contributed by atoms with Gasteiger partial charge in [-0.25, -0.2) is 4.98 Å². The Morgan fingerprint density at radius 1 is 1.24 bits per heavy atom. The van der Waals surface area contributed by atoms with Gasteiger partial charge in [0.15, 0.2) is 0 Å². The number of halogens is 2. The van der Waals surface area contributed by atoms with Gasteiger partial charge in [0.1, 0.15) is 5.82 Å². The van der Waals surface area contributed by atoms with Crippen LogP contribution in [0.4, 0.5) is 0 Å². The van der Waals surface area contributed by atoms with Crippen LogP contribution in [0.2, 0.25) is 0 Å². The van der Waals surface area contributed by atoms with Crippen LogP contribution >= 0.6 is 23.2 Å². The fraction of sp³-hybridized carbons (Fsp3) is 0.556. The second kappa shape index (κ2) is 12.1. The Hall–Kier alpha value is -1.30. The highest BCUT2D eigenvalue weighted by Gasteiger charge is 2.07. The number of hydrogen-bond acceptors (Lipinski definition) is 4. The van der Waals surface area contributed by atoms with Gasteiger partial charge < -0.3 is 14.2 Å². The van der Waals surface area contributed by atoms with E-state index in [-0.39, 0.29) is 5.97 Å². The minimum absolute atomic E-state index is 0.163. The van der Waals surface area contributed by atoms with Gasteiger partial charge in [-0.1, -0.05) is 12.1 Å². The SMILES string of the molecule is CN(CCCl)CCCl.COC(=O)CCCc1nc2ccccc2n1C. The Morgan fingerprint density at radius 2 is 1.88 bits per heavy atom. The van der Waals surface area contributed by atoms with Crippen molar-refractivity contribution < 1.29 is 9.53 Å². The molecule has 0 unspecified atom stereocenters. The van der Waals surface area contributed by atoms with Gasteiger partial charge in [0.25, 0.3) is 0 Å². The number of fused-ring (bicyclic) bond motifs is 1. The van der Waals surface area contributed by atoms with Gasteiger partial charge in [-0.15, -0.1) is 23.2 Å². The van der Waals surface area contributed by atoms with Gasteiger partial charge >= 0.3 is 5.97 Å². The molecule has 0 aliphatic rings. The van der Waals surface area contributed by atoms with Crippen molar-refractivity contribution in [2.75, 3.05) is 39.0 Å². The fourth-order valence-corrected chi connectivity index (χ4v) is 2.89. The number of benzene rings is 1. The first-order valence-electron chi connectivity index (χ1n) is 8.31. The lowest BCUT2D eigenvalue weighted by molar-refractivity contribution is -0.140. The van der Waals surface area contributed by atoms with Crippen molar-refractivity contribution in [3.8, 4) is 0 Å². The maximum absolute atomic E-state index is 11.0. The molecule has 0 saturated heterocycles. The van der Waals surface area contributed by atoms with Crippen LogP contribution in [0, 0.1) is 0 Å². The van der Waals surface area contributed by atoms with E-state index in [2.05, 4.69) is 19.2 Å². The topological polar surface area (TPSA) is 47.4 Å². The van der Waals surface area contributed by atoms with Crippen LogP contribution in [0.25, 0.3) is 11.0 Å². The number of imidazole rings is 1. The summed E-state index contributed by atoms with van der Waals surface area (Å²) in [5.41, 5.74) is 2.13. The van der Waals surface area contributed by atoms with Gasteiger partial charge in [-0.2, -0.15) is 0 Å². The number of para-hydroxylation sites is 2. The van der Waals surface area contributed by atoms with Gasteiger partial charge in [-0.3, -0.25) is 4.79 Å². The van der Waals surface area contributed by atoms with E-state index in [1.807, 2.05) is 38.4 Å². The van der Waals surface area contributed by atoms with Crippen LogP contribution in [0.5, 0.6) is 0 Å². The van der Waals surface area contributed by atoms with Gasteiger partial charge in [0, 0.05) is 44.7 Å². The summed E-state index contributed by atoms with van der Waals surface area (Å²) in [7, 11) is 5.42. The minimum atomic E-state index is -0.163. The highest BCUT2D eigenvalue weighted by atomic mass is 35.5. The number of hydrogen-bond donors (Lipinski definition) is 0. The summed E-state index contributed by atoms with van der Waals surface area (Å²) in [6, 6.07) is 8.03. The van der Waals surface area contributed by atoms with Crippen LogP contribution in [0.15, 0.2) is 24.3 Å². The van der Waals surface area contributed by atoms with Crippen molar-refractivity contribution in [1.29, 1.82) is 0 Å². The molecule has 0 bridgehead atoms. The molecule has 0 atom stereocenters. The molecular weight excluding hydrogens is 361 g/mol. The number of rotatable bonds is 8. The minimum Gasteiger partial charge on any atom is -0.469 e. The maximum Gasteiger partial charge on any atom is 0.305 e. The lowest BCUT2D eigenvalue weighted by atomic mass is 10.2. The predicted molar refractivity (Wildman–Crippen MR) is 105 cm³/mol. The van der Waals surface area contributed by atoms with Crippen LogP contribution in [-0.4, -0.2) is 59.4 Å². The number of alkyl halides is 2. The fourth-order valence-electron chi connectivity index (χ4n) is 2.31. The predicted octanol–water partition coefficient (Wildman–Crippen LogP) is 3.46. The van der Waals surface area contributed by atoms with E-state index in [9.17, 15) is 4.79 Å². The van der Waals surface area contributed by atoms with Crippen molar-refractivity contribution >= 4 is 40.2 Å². The Kier molecular flexibility index (Phi) is 10.5. The van der Waals surface area contributed by atoms with E-state index in [1.54, 1.807) is 0 Å². The summed E-state index contributed by atoms with van der Waals surface area (Å²) in [4.78, 5) is 17.7. The molecule has 7 heteroatoms. The average Bonchev–Trinajstić information content (AvgIpc) is 2.92. The maximum atomic E-state index is 11.0. The quantitative estimate of drug-likeness (QED) is 0.513. The number of ether oxygens (including phenoxy) is 1. The molecule has 1 heterocycles. The van der Waals surface area contributed by atoms with Gasteiger partial charge in [-0.05, 0) is 25.6 Å². The zero-order chi connectivity index (χ0) is 18.7. The molecule has 25 heavy (non-hydrogen) atoms. The molecule has 0 N–H and O–H groups in total. The largest absolute Gasteiger partial charge is 0.469 e. The number of nitrogens with zero attached hydrogens (tertiary/aromatic N) is 3. The second-order valence-electron chi connectivity index (χ2n) is 5.69. The van der Waals surface area contributed by atoms with Crippen LogP contribution in [0.1, 0.15) is 18.7 Å². The first kappa shape index (κ1) is 21.7. The molecule has 2 aromatic rings. The monoisotopic (exact) mass is 387 g/mol. The molecule has 140 valence electrons. The van der Waals surface area contributed by atoms with Crippen molar-refractivity contribution in [3.63, 3.8) is 0 Å². The molecule has 0 amide bonds. The van der Waals surface area contributed by atoms with E-state index < -0.39 is 0 Å². The number of esters is 1. The van der Waals surface area contributed by atoms with E-state index in [1.165, 1.54) is 7.11 Å². The Labute approximate surface area is 159 Å². The van der Waals surface area contributed by atoms with E-state index in [0.29, 0.717) is 18.2 Å². The van der Waals surface area contributed by atoms with E-state index in [4.69, 9.17) is 23.2 Å². The average molecular weight is 388 g/mol. The summed E-state index contributed by atoms with van der Waals surface area (Å²) in [5.74, 6) is 2.22. The van der Waals surface area contributed by atoms with Crippen LogP contribution in [-0.2, 0) is 23.0 Å².